The summed E-state index contributed by atoms with van der Waals surface area (Å²) in [4.78, 5) is 10.4. The van der Waals surface area contributed by atoms with E-state index in [1.807, 2.05) is 12.1 Å². The summed E-state index contributed by atoms with van der Waals surface area (Å²) in [7, 11) is 3.43. The molecular weight excluding hydrogens is 693 g/mol. The molecule has 2 fully saturated rings. The third-order valence-electron chi connectivity index (χ3n) is 9.67. The monoisotopic (exact) mass is 746 g/mol. The van der Waals surface area contributed by atoms with Gasteiger partial charge in [0.05, 0.1) is 14.2 Å². The molecule has 6 nitrogen and oxygen atoms in total. The van der Waals surface area contributed by atoms with E-state index in [1.165, 1.54) is 16.7 Å². The molecule has 2 heterocycles. The van der Waals surface area contributed by atoms with Gasteiger partial charge in [0.2, 0.25) is 0 Å². The lowest BCUT2D eigenvalue weighted by atomic mass is 9.87. The fourth-order valence-electron chi connectivity index (χ4n) is 6.84. The second-order valence-electron chi connectivity index (χ2n) is 12.6. The van der Waals surface area contributed by atoms with Gasteiger partial charge >= 0.3 is 0 Å². The van der Waals surface area contributed by atoms with Crippen LogP contribution < -0.4 is 9.47 Å². The minimum Gasteiger partial charge on any atom is -0.497 e. The standard InChI is InChI=1S/C37H51FN4O2.4ClH/c1-29(2)41-24-26-42(27-25-41)37(32-7-13-33(38)14-8-32)28-40-22-20-39(21-23-40)19-5-6-36(30-9-15-34(43-3)16-10-30)31-11-17-35(44-4)18-12-31;;;;/h7-18,29,36-37H,5-6,19-28H2,1-4H3;4*1H. The molecule has 5 rings (SSSR count). The van der Waals surface area contributed by atoms with Crippen LogP contribution in [-0.4, -0.2) is 105 Å². The third-order valence-corrected chi connectivity index (χ3v) is 9.67. The minimum atomic E-state index is -0.160. The van der Waals surface area contributed by atoms with Crippen LogP contribution in [0, 0.1) is 5.82 Å². The lowest BCUT2D eigenvalue weighted by molar-refractivity contribution is 0.0480. The molecule has 0 bridgehead atoms. The van der Waals surface area contributed by atoms with Crippen LogP contribution in [-0.2, 0) is 0 Å². The highest BCUT2D eigenvalue weighted by atomic mass is 35.5. The van der Waals surface area contributed by atoms with Crippen molar-refractivity contribution in [1.82, 2.24) is 19.6 Å². The van der Waals surface area contributed by atoms with Crippen LogP contribution in [0.3, 0.4) is 0 Å². The Labute approximate surface area is 313 Å². The Kier molecular flexibility index (Phi) is 20.4. The summed E-state index contributed by atoms with van der Waals surface area (Å²) < 4.78 is 24.6. The summed E-state index contributed by atoms with van der Waals surface area (Å²) in [5.74, 6) is 1.95. The van der Waals surface area contributed by atoms with Crippen molar-refractivity contribution in [1.29, 1.82) is 0 Å². The predicted molar refractivity (Wildman–Crippen MR) is 206 cm³/mol. The van der Waals surface area contributed by atoms with Crippen LogP contribution in [0.5, 0.6) is 11.5 Å². The van der Waals surface area contributed by atoms with Gasteiger partial charge in [0, 0.05) is 76.9 Å². The lowest BCUT2D eigenvalue weighted by Crippen LogP contribution is -2.53. The molecule has 0 saturated carbocycles. The fourth-order valence-corrected chi connectivity index (χ4v) is 6.84. The lowest BCUT2D eigenvalue weighted by Gasteiger charge is -2.43. The first-order valence-electron chi connectivity index (χ1n) is 16.4. The van der Waals surface area contributed by atoms with E-state index >= 15 is 0 Å². The van der Waals surface area contributed by atoms with Crippen molar-refractivity contribution in [2.24, 2.45) is 0 Å². The van der Waals surface area contributed by atoms with Gasteiger partial charge in [-0.1, -0.05) is 36.4 Å². The van der Waals surface area contributed by atoms with E-state index in [4.69, 9.17) is 9.47 Å². The van der Waals surface area contributed by atoms with Crippen LogP contribution in [0.15, 0.2) is 72.8 Å². The second-order valence-corrected chi connectivity index (χ2v) is 12.6. The quantitative estimate of drug-likeness (QED) is 0.177. The highest BCUT2D eigenvalue weighted by molar-refractivity contribution is 5.86. The number of hydrogen-bond acceptors (Lipinski definition) is 6. The molecule has 2 aliphatic heterocycles. The molecular formula is C37H55Cl4FN4O2. The van der Waals surface area contributed by atoms with Crippen LogP contribution in [0.2, 0.25) is 0 Å². The number of hydrogen-bond donors (Lipinski definition) is 0. The Morgan fingerprint density at radius 2 is 1.02 bits per heavy atom. The largest absolute Gasteiger partial charge is 0.497 e. The third kappa shape index (κ3) is 12.2. The number of methoxy groups -OCH3 is 2. The zero-order valence-electron chi connectivity index (χ0n) is 28.8. The minimum absolute atomic E-state index is 0. The van der Waals surface area contributed by atoms with E-state index in [1.54, 1.807) is 26.4 Å². The van der Waals surface area contributed by atoms with Gasteiger partial charge in [0.25, 0.3) is 0 Å². The first-order valence-corrected chi connectivity index (χ1v) is 16.4. The molecule has 0 radical (unpaired) electrons. The molecule has 11 heteroatoms. The van der Waals surface area contributed by atoms with Gasteiger partial charge in [-0.25, -0.2) is 4.39 Å². The van der Waals surface area contributed by atoms with Crippen molar-refractivity contribution in [3.63, 3.8) is 0 Å². The van der Waals surface area contributed by atoms with E-state index in [9.17, 15) is 4.39 Å². The fraction of sp³-hybridized carbons (Fsp3) is 0.514. The average molecular weight is 749 g/mol. The highest BCUT2D eigenvalue weighted by Gasteiger charge is 2.29. The van der Waals surface area contributed by atoms with Gasteiger partial charge < -0.3 is 14.4 Å². The first kappa shape index (κ1) is 44.2. The van der Waals surface area contributed by atoms with Gasteiger partial charge in [-0.05, 0) is 86.3 Å². The Hall–Kier alpha value is -1.81. The Bertz CT molecular complexity index is 1220. The van der Waals surface area contributed by atoms with E-state index in [0.29, 0.717) is 18.0 Å². The zero-order valence-corrected chi connectivity index (χ0v) is 32.0. The normalized spacial score (nSPS) is 16.6. The van der Waals surface area contributed by atoms with Crippen LogP contribution in [0.4, 0.5) is 4.39 Å². The van der Waals surface area contributed by atoms with E-state index in [0.717, 1.165) is 89.8 Å². The summed E-state index contributed by atoms with van der Waals surface area (Å²) >= 11 is 0. The van der Waals surface area contributed by atoms with Gasteiger partial charge in [0.1, 0.15) is 17.3 Å². The first-order chi connectivity index (χ1) is 21.4. The molecule has 0 amide bonds. The SMILES string of the molecule is COc1ccc(C(CCCN2CCN(CC(c3ccc(F)cc3)N3CCN(C(C)C)CC3)CC2)c2ccc(OC)cc2)cc1.Cl.Cl.Cl.Cl. The van der Waals surface area contributed by atoms with Crippen LogP contribution in [0.25, 0.3) is 0 Å². The summed E-state index contributed by atoms with van der Waals surface area (Å²) in [5, 5.41) is 0. The number of piperazine rings is 2. The maximum Gasteiger partial charge on any atom is 0.123 e. The molecule has 0 spiro atoms. The molecule has 48 heavy (non-hydrogen) atoms. The molecule has 2 saturated heterocycles. The topological polar surface area (TPSA) is 31.4 Å². The van der Waals surface area contributed by atoms with Crippen molar-refractivity contribution < 1.29 is 13.9 Å². The number of ether oxygens (including phenoxy) is 2. The van der Waals surface area contributed by atoms with E-state index < -0.39 is 0 Å². The summed E-state index contributed by atoms with van der Waals surface area (Å²) in [5.41, 5.74) is 3.87. The molecule has 0 N–H and O–H groups in total. The van der Waals surface area contributed by atoms with Gasteiger partial charge in [-0.3, -0.25) is 14.7 Å². The number of rotatable bonds is 13. The summed E-state index contributed by atoms with van der Waals surface area (Å²) in [6, 6.07) is 25.2. The molecule has 0 aliphatic carbocycles. The van der Waals surface area contributed by atoms with Gasteiger partial charge in [-0.2, -0.15) is 0 Å². The number of halogens is 5. The van der Waals surface area contributed by atoms with Gasteiger partial charge in [0.15, 0.2) is 0 Å². The molecule has 1 unspecified atom stereocenters. The van der Waals surface area contributed by atoms with Crippen LogP contribution >= 0.6 is 49.6 Å². The molecule has 0 aromatic heterocycles. The molecule has 3 aromatic rings. The molecule has 2 aliphatic rings. The summed E-state index contributed by atoms with van der Waals surface area (Å²) in [6.07, 6.45) is 2.23. The Morgan fingerprint density at radius 1 is 0.583 bits per heavy atom. The predicted octanol–water partition coefficient (Wildman–Crippen LogP) is 7.83. The van der Waals surface area contributed by atoms with Crippen LogP contribution in [0.1, 0.15) is 55.3 Å². The van der Waals surface area contributed by atoms with Crippen molar-refractivity contribution in [3.8, 4) is 11.5 Å². The highest BCUT2D eigenvalue weighted by Crippen LogP contribution is 2.32. The Balaban J connectivity index is 0.00000288. The zero-order chi connectivity index (χ0) is 30.9. The van der Waals surface area contributed by atoms with Gasteiger partial charge in [-0.15, -0.1) is 49.6 Å². The number of benzene rings is 3. The second kappa shape index (κ2) is 22.1. The van der Waals surface area contributed by atoms with Crippen molar-refractivity contribution in [3.05, 3.63) is 95.3 Å². The van der Waals surface area contributed by atoms with Crippen molar-refractivity contribution in [2.75, 3.05) is 79.7 Å². The maximum atomic E-state index is 13.8. The maximum absolute atomic E-state index is 13.8. The average Bonchev–Trinajstić information content (AvgIpc) is 3.07. The molecule has 270 valence electrons. The number of nitrogens with zero attached hydrogens (tertiary/aromatic N) is 4. The van der Waals surface area contributed by atoms with Crippen molar-refractivity contribution >= 4 is 49.6 Å². The van der Waals surface area contributed by atoms with E-state index in [2.05, 4.69) is 82.0 Å². The molecule has 3 aromatic carbocycles. The molecule has 1 atom stereocenters. The van der Waals surface area contributed by atoms with E-state index in [-0.39, 0.29) is 55.4 Å². The Morgan fingerprint density at radius 3 is 1.48 bits per heavy atom. The smallest absolute Gasteiger partial charge is 0.123 e. The summed E-state index contributed by atoms with van der Waals surface area (Å²) in [6.45, 7) is 15.3. The van der Waals surface area contributed by atoms with Crippen molar-refractivity contribution in [2.45, 2.75) is 44.7 Å².